The molecule has 0 saturated carbocycles. The maximum atomic E-state index is 11.6. The standard InChI is InChI=1S/C16H19ClN4O2/c1-4-7-18-14-8-10(2)19-16(21-14)20-13-9-11(15(22)23-3)5-6-12(13)17/h5-6,8-9H,4,7H2,1-3H3,(H2,18,19,20,21). The smallest absolute Gasteiger partial charge is 0.337 e. The number of anilines is 3. The van der Waals surface area contributed by atoms with E-state index in [4.69, 9.17) is 16.3 Å². The third-order valence-corrected chi connectivity index (χ3v) is 3.37. The molecule has 0 saturated heterocycles. The monoisotopic (exact) mass is 334 g/mol. The van der Waals surface area contributed by atoms with Crippen LogP contribution in [0.5, 0.6) is 0 Å². The number of hydrogen-bond donors (Lipinski definition) is 2. The van der Waals surface area contributed by atoms with Crippen molar-refractivity contribution in [2.45, 2.75) is 20.3 Å². The van der Waals surface area contributed by atoms with Gasteiger partial charge in [-0.05, 0) is 31.5 Å². The highest BCUT2D eigenvalue weighted by atomic mass is 35.5. The maximum absolute atomic E-state index is 11.6. The molecule has 0 bridgehead atoms. The van der Waals surface area contributed by atoms with E-state index in [0.717, 1.165) is 24.5 Å². The van der Waals surface area contributed by atoms with Crippen LogP contribution >= 0.6 is 11.6 Å². The third-order valence-electron chi connectivity index (χ3n) is 3.04. The lowest BCUT2D eigenvalue weighted by Crippen LogP contribution is -2.07. The molecule has 1 aromatic heterocycles. The maximum Gasteiger partial charge on any atom is 0.337 e. The van der Waals surface area contributed by atoms with Crippen molar-refractivity contribution in [1.29, 1.82) is 0 Å². The van der Waals surface area contributed by atoms with Crippen LogP contribution in [0.2, 0.25) is 5.02 Å². The van der Waals surface area contributed by atoms with Gasteiger partial charge in [0.2, 0.25) is 5.95 Å². The van der Waals surface area contributed by atoms with E-state index in [2.05, 4.69) is 27.5 Å². The zero-order valence-electron chi connectivity index (χ0n) is 13.3. The number of aryl methyl sites for hydroxylation is 1. The third kappa shape index (κ3) is 4.56. The lowest BCUT2D eigenvalue weighted by Gasteiger charge is -2.11. The Morgan fingerprint density at radius 3 is 2.78 bits per heavy atom. The van der Waals surface area contributed by atoms with Gasteiger partial charge in [-0.3, -0.25) is 0 Å². The molecule has 0 atom stereocenters. The average Bonchev–Trinajstić information content (AvgIpc) is 2.53. The van der Waals surface area contributed by atoms with Crippen LogP contribution in [-0.4, -0.2) is 29.6 Å². The van der Waals surface area contributed by atoms with Crippen molar-refractivity contribution in [1.82, 2.24) is 9.97 Å². The Labute approximate surface area is 140 Å². The molecule has 0 aliphatic carbocycles. The summed E-state index contributed by atoms with van der Waals surface area (Å²) < 4.78 is 4.71. The molecule has 2 rings (SSSR count). The first-order chi connectivity index (χ1) is 11.0. The zero-order valence-corrected chi connectivity index (χ0v) is 14.1. The van der Waals surface area contributed by atoms with Gasteiger partial charge in [0.05, 0.1) is 23.4 Å². The fraction of sp³-hybridized carbons (Fsp3) is 0.312. The van der Waals surface area contributed by atoms with E-state index in [9.17, 15) is 4.79 Å². The minimum atomic E-state index is -0.430. The molecule has 0 radical (unpaired) electrons. The molecule has 0 unspecified atom stereocenters. The SMILES string of the molecule is CCCNc1cc(C)nc(Nc2cc(C(=O)OC)ccc2Cl)n1. The van der Waals surface area contributed by atoms with E-state index in [1.165, 1.54) is 7.11 Å². The van der Waals surface area contributed by atoms with Crippen LogP contribution < -0.4 is 10.6 Å². The summed E-state index contributed by atoms with van der Waals surface area (Å²) in [6.07, 6.45) is 0.999. The molecule has 0 spiro atoms. The van der Waals surface area contributed by atoms with E-state index in [1.807, 2.05) is 13.0 Å². The van der Waals surface area contributed by atoms with Gasteiger partial charge in [-0.1, -0.05) is 18.5 Å². The van der Waals surface area contributed by atoms with Crippen molar-refractivity contribution >= 4 is 35.0 Å². The second-order valence-electron chi connectivity index (χ2n) is 4.96. The van der Waals surface area contributed by atoms with Crippen molar-refractivity contribution in [2.24, 2.45) is 0 Å². The summed E-state index contributed by atoms with van der Waals surface area (Å²) in [4.78, 5) is 20.4. The topological polar surface area (TPSA) is 76.1 Å². The number of carbonyl (C=O) groups is 1. The zero-order chi connectivity index (χ0) is 16.8. The van der Waals surface area contributed by atoms with Crippen molar-refractivity contribution < 1.29 is 9.53 Å². The molecule has 1 aromatic carbocycles. The number of rotatable bonds is 6. The van der Waals surface area contributed by atoms with Crippen molar-refractivity contribution in [3.8, 4) is 0 Å². The van der Waals surface area contributed by atoms with Crippen LogP contribution in [0.3, 0.4) is 0 Å². The summed E-state index contributed by atoms with van der Waals surface area (Å²) in [5, 5.41) is 6.73. The molecular weight excluding hydrogens is 316 g/mol. The number of benzene rings is 1. The van der Waals surface area contributed by atoms with Gasteiger partial charge in [0, 0.05) is 18.3 Å². The Kier molecular flexibility index (Phi) is 5.76. The van der Waals surface area contributed by atoms with Crippen LogP contribution in [0.1, 0.15) is 29.4 Å². The van der Waals surface area contributed by atoms with E-state index >= 15 is 0 Å². The highest BCUT2D eigenvalue weighted by molar-refractivity contribution is 6.33. The van der Waals surface area contributed by atoms with Gasteiger partial charge in [-0.15, -0.1) is 0 Å². The van der Waals surface area contributed by atoms with Gasteiger partial charge >= 0.3 is 5.97 Å². The van der Waals surface area contributed by atoms with Crippen LogP contribution in [0.25, 0.3) is 0 Å². The molecule has 1 heterocycles. The second kappa shape index (κ2) is 7.78. The first-order valence-corrected chi connectivity index (χ1v) is 7.65. The number of nitrogens with one attached hydrogen (secondary N) is 2. The van der Waals surface area contributed by atoms with Gasteiger partial charge in [0.1, 0.15) is 5.82 Å². The summed E-state index contributed by atoms with van der Waals surface area (Å²) in [5.74, 6) is 0.717. The van der Waals surface area contributed by atoms with Crippen molar-refractivity contribution in [2.75, 3.05) is 24.3 Å². The molecule has 23 heavy (non-hydrogen) atoms. The van der Waals surface area contributed by atoms with Crippen molar-refractivity contribution in [3.05, 3.63) is 40.5 Å². The number of ether oxygens (including phenoxy) is 1. The van der Waals surface area contributed by atoms with E-state index in [-0.39, 0.29) is 0 Å². The van der Waals surface area contributed by atoms with Crippen LogP contribution in [0, 0.1) is 6.92 Å². The molecule has 0 aliphatic rings. The first kappa shape index (κ1) is 17.0. The first-order valence-electron chi connectivity index (χ1n) is 7.28. The Balaban J connectivity index is 2.27. The number of hydrogen-bond acceptors (Lipinski definition) is 6. The van der Waals surface area contributed by atoms with Crippen LogP contribution in [0.15, 0.2) is 24.3 Å². The minimum absolute atomic E-state index is 0.399. The number of halogens is 1. The summed E-state index contributed by atoms with van der Waals surface area (Å²) >= 11 is 6.17. The van der Waals surface area contributed by atoms with Gasteiger partial charge in [-0.2, -0.15) is 4.98 Å². The Morgan fingerprint density at radius 2 is 2.09 bits per heavy atom. The molecule has 2 aromatic rings. The summed E-state index contributed by atoms with van der Waals surface area (Å²) in [6.45, 7) is 4.79. The molecule has 0 amide bonds. The predicted molar refractivity (Wildman–Crippen MR) is 91.6 cm³/mol. The van der Waals surface area contributed by atoms with Gasteiger partial charge in [0.15, 0.2) is 0 Å². The molecule has 2 N–H and O–H groups in total. The number of carbonyl (C=O) groups excluding carboxylic acids is 1. The molecule has 122 valence electrons. The van der Waals surface area contributed by atoms with Gasteiger partial charge in [0.25, 0.3) is 0 Å². The Hall–Kier alpha value is -2.34. The molecular formula is C16H19ClN4O2. The fourth-order valence-electron chi connectivity index (χ4n) is 1.95. The molecule has 0 aliphatic heterocycles. The predicted octanol–water partition coefficient (Wildman–Crippen LogP) is 3.79. The van der Waals surface area contributed by atoms with E-state index < -0.39 is 5.97 Å². The minimum Gasteiger partial charge on any atom is -0.465 e. The Bertz CT molecular complexity index is 706. The molecule has 7 heteroatoms. The fourth-order valence-corrected chi connectivity index (χ4v) is 2.12. The number of aromatic nitrogens is 2. The highest BCUT2D eigenvalue weighted by Crippen LogP contribution is 2.26. The molecule has 0 fully saturated rings. The summed E-state index contributed by atoms with van der Waals surface area (Å²) in [5.41, 5.74) is 1.76. The summed E-state index contributed by atoms with van der Waals surface area (Å²) in [7, 11) is 1.33. The van der Waals surface area contributed by atoms with Crippen LogP contribution in [0.4, 0.5) is 17.5 Å². The lowest BCUT2D eigenvalue weighted by molar-refractivity contribution is 0.0601. The number of esters is 1. The number of nitrogens with zero attached hydrogens (tertiary/aromatic N) is 2. The summed E-state index contributed by atoms with van der Waals surface area (Å²) in [6, 6.07) is 6.71. The average molecular weight is 335 g/mol. The largest absolute Gasteiger partial charge is 0.465 e. The van der Waals surface area contributed by atoms with Gasteiger partial charge < -0.3 is 15.4 Å². The second-order valence-corrected chi connectivity index (χ2v) is 5.36. The normalized spacial score (nSPS) is 10.3. The van der Waals surface area contributed by atoms with Crippen LogP contribution in [-0.2, 0) is 4.74 Å². The highest BCUT2D eigenvalue weighted by Gasteiger charge is 2.10. The quantitative estimate of drug-likeness (QED) is 0.783. The number of methoxy groups -OCH3 is 1. The Morgan fingerprint density at radius 1 is 1.30 bits per heavy atom. The van der Waals surface area contributed by atoms with Crippen molar-refractivity contribution in [3.63, 3.8) is 0 Å². The van der Waals surface area contributed by atoms with E-state index in [1.54, 1.807) is 18.2 Å². The molecule has 6 nitrogen and oxygen atoms in total. The lowest BCUT2D eigenvalue weighted by atomic mass is 10.2. The van der Waals surface area contributed by atoms with Gasteiger partial charge in [-0.25, -0.2) is 9.78 Å². The van der Waals surface area contributed by atoms with E-state index in [0.29, 0.717) is 22.2 Å².